The molecule has 0 aliphatic carbocycles. The first-order valence-electron chi connectivity index (χ1n) is 11.2. The molecule has 2 amide bonds. The van der Waals surface area contributed by atoms with Gasteiger partial charge in [-0.15, -0.1) is 0 Å². The maximum absolute atomic E-state index is 13.0. The molecule has 176 valence electrons. The van der Waals surface area contributed by atoms with Crippen molar-refractivity contribution in [3.63, 3.8) is 0 Å². The molecule has 2 aliphatic heterocycles. The fraction of sp³-hybridized carbons (Fsp3) is 0.440. The van der Waals surface area contributed by atoms with Gasteiger partial charge < -0.3 is 10.6 Å². The van der Waals surface area contributed by atoms with Crippen LogP contribution in [0.3, 0.4) is 0 Å². The summed E-state index contributed by atoms with van der Waals surface area (Å²) in [6.45, 7) is 2.08. The second-order valence-electron chi connectivity index (χ2n) is 9.22. The summed E-state index contributed by atoms with van der Waals surface area (Å²) in [6, 6.07) is 14.6. The maximum atomic E-state index is 13.0. The van der Waals surface area contributed by atoms with E-state index in [-0.39, 0.29) is 36.1 Å². The van der Waals surface area contributed by atoms with Crippen molar-refractivity contribution in [3.8, 4) is 0 Å². The number of amides is 2. The molecule has 2 N–H and O–H groups in total. The molecule has 8 heteroatoms. The number of halogens is 3. The smallest absolute Gasteiger partial charge is 0.349 e. The average molecular weight is 460 g/mol. The summed E-state index contributed by atoms with van der Waals surface area (Å²) in [5, 5.41) is 5.80. The van der Waals surface area contributed by atoms with Crippen LogP contribution in [-0.2, 0) is 22.2 Å². The van der Waals surface area contributed by atoms with Crippen LogP contribution in [0, 0.1) is 0 Å². The number of likely N-dealkylation sites (tertiary alicyclic amines) is 1. The molecular weight excluding hydrogens is 431 g/mol. The summed E-state index contributed by atoms with van der Waals surface area (Å²) in [5.74, 6) is -0.346. The lowest BCUT2D eigenvalue weighted by molar-refractivity contribution is -0.137. The zero-order valence-electron chi connectivity index (χ0n) is 18.5. The van der Waals surface area contributed by atoms with Gasteiger partial charge in [0.05, 0.1) is 17.6 Å². The molecule has 3 atom stereocenters. The lowest BCUT2D eigenvalue weighted by Crippen LogP contribution is -2.54. The van der Waals surface area contributed by atoms with E-state index in [9.17, 15) is 22.8 Å². The van der Waals surface area contributed by atoms with E-state index in [1.807, 2.05) is 37.3 Å². The number of fused-ring (bicyclic) bond motifs is 1. The normalized spacial score (nSPS) is 25.8. The Morgan fingerprint density at radius 1 is 1.18 bits per heavy atom. The van der Waals surface area contributed by atoms with Gasteiger partial charge in [-0.1, -0.05) is 36.4 Å². The van der Waals surface area contributed by atoms with Crippen LogP contribution in [0.25, 0.3) is 0 Å². The SMILES string of the molecule is C[C@]12C[C@@H](Cc3ccccc3)N(CC(=O)Nc3cccc(C(F)(F)F)c3)[C@H]1CCCC(=O)N2. The van der Waals surface area contributed by atoms with Gasteiger partial charge >= 0.3 is 6.18 Å². The predicted molar refractivity (Wildman–Crippen MR) is 120 cm³/mol. The minimum Gasteiger partial charge on any atom is -0.349 e. The van der Waals surface area contributed by atoms with Crippen molar-refractivity contribution in [2.24, 2.45) is 0 Å². The molecule has 0 unspecified atom stereocenters. The Morgan fingerprint density at radius 2 is 1.94 bits per heavy atom. The van der Waals surface area contributed by atoms with E-state index in [0.717, 1.165) is 37.0 Å². The van der Waals surface area contributed by atoms with E-state index < -0.39 is 17.3 Å². The molecule has 2 saturated heterocycles. The van der Waals surface area contributed by atoms with Gasteiger partial charge in [0, 0.05) is 24.2 Å². The summed E-state index contributed by atoms with van der Waals surface area (Å²) in [7, 11) is 0. The Balaban J connectivity index is 1.54. The number of carbonyl (C=O) groups excluding carboxylic acids is 2. The van der Waals surface area contributed by atoms with E-state index >= 15 is 0 Å². The van der Waals surface area contributed by atoms with E-state index in [0.29, 0.717) is 12.8 Å². The Hall–Kier alpha value is -2.87. The number of benzene rings is 2. The van der Waals surface area contributed by atoms with Crippen molar-refractivity contribution in [1.29, 1.82) is 0 Å². The molecule has 2 heterocycles. The second kappa shape index (κ2) is 9.17. The number of rotatable bonds is 5. The highest BCUT2D eigenvalue weighted by atomic mass is 19.4. The highest BCUT2D eigenvalue weighted by molar-refractivity contribution is 5.92. The maximum Gasteiger partial charge on any atom is 0.416 e. The molecule has 2 fully saturated rings. The molecule has 2 aromatic carbocycles. The standard InChI is InChI=1S/C25H28F3N3O2/c1-24-15-20(13-17-7-3-2-4-8-17)31(21(24)11-6-12-22(32)30-24)16-23(33)29-19-10-5-9-18(14-19)25(26,27)28/h2-5,7-10,14,20-21H,6,11-13,15-16H2,1H3,(H,29,33)(H,30,32)/t20-,21+,24+/m1/s1. The summed E-state index contributed by atoms with van der Waals surface area (Å²) < 4.78 is 39.1. The van der Waals surface area contributed by atoms with E-state index in [1.165, 1.54) is 12.1 Å². The average Bonchev–Trinajstić information content (AvgIpc) is 2.88. The molecule has 0 radical (unpaired) electrons. The number of alkyl halides is 3. The molecule has 0 aromatic heterocycles. The van der Waals surface area contributed by atoms with Crippen LogP contribution < -0.4 is 10.6 Å². The van der Waals surface area contributed by atoms with Crippen LogP contribution >= 0.6 is 0 Å². The molecule has 4 rings (SSSR count). The lowest BCUT2D eigenvalue weighted by atomic mass is 9.89. The summed E-state index contributed by atoms with van der Waals surface area (Å²) >= 11 is 0. The first-order valence-corrected chi connectivity index (χ1v) is 11.2. The topological polar surface area (TPSA) is 61.4 Å². The van der Waals surface area contributed by atoms with Crippen LogP contribution in [-0.4, -0.2) is 40.9 Å². The van der Waals surface area contributed by atoms with Gasteiger partial charge in [-0.05, 0) is 56.4 Å². The Labute approximate surface area is 191 Å². The fourth-order valence-corrected chi connectivity index (χ4v) is 5.27. The predicted octanol–water partition coefficient (Wildman–Crippen LogP) is 4.39. The number of nitrogens with one attached hydrogen (secondary N) is 2. The number of anilines is 1. The lowest BCUT2D eigenvalue weighted by Gasteiger charge is -2.34. The van der Waals surface area contributed by atoms with Crippen molar-refractivity contribution < 1.29 is 22.8 Å². The van der Waals surface area contributed by atoms with Gasteiger partial charge in [0.25, 0.3) is 0 Å². The molecule has 0 saturated carbocycles. The van der Waals surface area contributed by atoms with Gasteiger partial charge in [0.15, 0.2) is 0 Å². The molecule has 5 nitrogen and oxygen atoms in total. The Bertz CT molecular complexity index is 1010. The molecule has 0 bridgehead atoms. The minimum atomic E-state index is -4.48. The van der Waals surface area contributed by atoms with Crippen molar-refractivity contribution in [3.05, 3.63) is 65.7 Å². The molecule has 33 heavy (non-hydrogen) atoms. The highest BCUT2D eigenvalue weighted by Crippen LogP contribution is 2.39. The number of hydrogen-bond donors (Lipinski definition) is 2. The van der Waals surface area contributed by atoms with Crippen LogP contribution in [0.4, 0.5) is 18.9 Å². The summed E-state index contributed by atoms with van der Waals surface area (Å²) in [5.41, 5.74) is -0.00557. The van der Waals surface area contributed by atoms with Crippen LogP contribution in [0.1, 0.15) is 43.7 Å². The van der Waals surface area contributed by atoms with Crippen molar-refractivity contribution in [2.45, 2.75) is 62.8 Å². The van der Waals surface area contributed by atoms with Crippen molar-refractivity contribution >= 4 is 17.5 Å². The van der Waals surface area contributed by atoms with E-state index in [2.05, 4.69) is 15.5 Å². The molecule has 0 spiro atoms. The molecule has 2 aromatic rings. The summed E-state index contributed by atoms with van der Waals surface area (Å²) in [4.78, 5) is 27.3. The third-order valence-electron chi connectivity index (χ3n) is 6.68. The van der Waals surface area contributed by atoms with Gasteiger partial charge in [-0.2, -0.15) is 13.2 Å². The number of hydrogen-bond acceptors (Lipinski definition) is 3. The monoisotopic (exact) mass is 459 g/mol. The van der Waals surface area contributed by atoms with E-state index in [4.69, 9.17) is 0 Å². The quantitative estimate of drug-likeness (QED) is 0.697. The van der Waals surface area contributed by atoms with Gasteiger partial charge in [-0.25, -0.2) is 0 Å². The minimum absolute atomic E-state index is 0.0214. The van der Waals surface area contributed by atoms with Crippen molar-refractivity contribution in [2.75, 3.05) is 11.9 Å². The Morgan fingerprint density at radius 3 is 2.67 bits per heavy atom. The summed E-state index contributed by atoms with van der Waals surface area (Å²) in [6.07, 6.45) is -1.08. The van der Waals surface area contributed by atoms with Gasteiger partial charge in [0.1, 0.15) is 0 Å². The third kappa shape index (κ3) is 5.38. The van der Waals surface area contributed by atoms with E-state index in [1.54, 1.807) is 0 Å². The fourth-order valence-electron chi connectivity index (χ4n) is 5.27. The van der Waals surface area contributed by atoms with Crippen molar-refractivity contribution in [1.82, 2.24) is 10.2 Å². The highest BCUT2D eigenvalue weighted by Gasteiger charge is 2.50. The first kappa shape index (κ1) is 23.3. The van der Waals surface area contributed by atoms with Crippen LogP contribution in [0.5, 0.6) is 0 Å². The third-order valence-corrected chi connectivity index (χ3v) is 6.68. The van der Waals surface area contributed by atoms with Gasteiger partial charge in [-0.3, -0.25) is 14.5 Å². The largest absolute Gasteiger partial charge is 0.416 e. The van der Waals surface area contributed by atoms with Gasteiger partial charge in [0.2, 0.25) is 11.8 Å². The molecule has 2 aliphatic rings. The second-order valence-corrected chi connectivity index (χ2v) is 9.22. The molecular formula is C25H28F3N3O2. The zero-order valence-corrected chi connectivity index (χ0v) is 18.5. The zero-order chi connectivity index (χ0) is 23.6. The number of carbonyl (C=O) groups is 2. The first-order chi connectivity index (χ1) is 15.6. The van der Waals surface area contributed by atoms with Crippen LogP contribution in [0.15, 0.2) is 54.6 Å². The van der Waals surface area contributed by atoms with Crippen LogP contribution in [0.2, 0.25) is 0 Å². The number of nitrogens with zero attached hydrogens (tertiary/aromatic N) is 1. The Kier molecular flexibility index (Phi) is 6.47.